The SMILES string of the molecule is N[C@@H](Cc1cc(B(O)O)cs1)C(=O)O. The van der Waals surface area contributed by atoms with Crippen LogP contribution in [-0.2, 0) is 11.2 Å². The summed E-state index contributed by atoms with van der Waals surface area (Å²) in [5.41, 5.74) is 5.68. The van der Waals surface area contributed by atoms with E-state index in [0.29, 0.717) is 5.46 Å². The average Bonchev–Trinajstić information content (AvgIpc) is 2.52. The second-order valence-corrected chi connectivity index (χ2v) is 3.86. The molecule has 5 N–H and O–H groups in total. The van der Waals surface area contributed by atoms with Crippen LogP contribution >= 0.6 is 11.3 Å². The average molecular weight is 215 g/mol. The molecule has 0 aliphatic rings. The third kappa shape index (κ3) is 2.81. The van der Waals surface area contributed by atoms with Crippen molar-refractivity contribution in [3.63, 3.8) is 0 Å². The van der Waals surface area contributed by atoms with E-state index >= 15 is 0 Å². The zero-order chi connectivity index (χ0) is 10.7. The van der Waals surface area contributed by atoms with Gasteiger partial charge in [-0.25, -0.2) is 0 Å². The van der Waals surface area contributed by atoms with Gasteiger partial charge in [-0.05, 0) is 16.9 Å². The van der Waals surface area contributed by atoms with Gasteiger partial charge in [-0.15, -0.1) is 11.3 Å². The highest BCUT2D eigenvalue weighted by Crippen LogP contribution is 2.09. The monoisotopic (exact) mass is 215 g/mol. The maximum absolute atomic E-state index is 10.4. The molecule has 0 aliphatic carbocycles. The number of carboxylic acids is 1. The second-order valence-electron chi connectivity index (χ2n) is 2.87. The lowest BCUT2D eigenvalue weighted by Gasteiger charge is -2.02. The summed E-state index contributed by atoms with van der Waals surface area (Å²) in [6.45, 7) is 0. The van der Waals surface area contributed by atoms with Crippen LogP contribution in [0.5, 0.6) is 0 Å². The van der Waals surface area contributed by atoms with Crippen LogP contribution in [0.15, 0.2) is 11.4 Å². The molecule has 0 aliphatic heterocycles. The van der Waals surface area contributed by atoms with Crippen molar-refractivity contribution in [2.75, 3.05) is 0 Å². The molecular formula is C7H10BNO4S. The molecule has 0 fully saturated rings. The number of hydrogen-bond donors (Lipinski definition) is 4. The number of carboxylic acid groups (broad SMARTS) is 1. The van der Waals surface area contributed by atoms with Crippen LogP contribution in [0.1, 0.15) is 4.88 Å². The van der Waals surface area contributed by atoms with Crippen LogP contribution in [0.4, 0.5) is 0 Å². The molecular weight excluding hydrogens is 205 g/mol. The molecule has 0 bridgehead atoms. The Morgan fingerprint density at radius 2 is 2.29 bits per heavy atom. The van der Waals surface area contributed by atoms with Gasteiger partial charge in [-0.2, -0.15) is 0 Å². The van der Waals surface area contributed by atoms with Crippen molar-refractivity contribution in [1.29, 1.82) is 0 Å². The number of thiophene rings is 1. The Kier molecular flexibility index (Phi) is 3.65. The van der Waals surface area contributed by atoms with Gasteiger partial charge in [0, 0.05) is 11.3 Å². The van der Waals surface area contributed by atoms with E-state index in [0.717, 1.165) is 4.88 Å². The Morgan fingerprint density at radius 3 is 2.71 bits per heavy atom. The summed E-state index contributed by atoms with van der Waals surface area (Å²) >= 11 is 1.26. The van der Waals surface area contributed by atoms with Gasteiger partial charge in [-0.3, -0.25) is 4.79 Å². The largest absolute Gasteiger partial charge is 0.489 e. The third-order valence-electron chi connectivity index (χ3n) is 1.71. The first kappa shape index (κ1) is 11.2. The maximum atomic E-state index is 10.4. The molecule has 1 aromatic rings. The van der Waals surface area contributed by atoms with Gasteiger partial charge < -0.3 is 20.9 Å². The fourth-order valence-corrected chi connectivity index (χ4v) is 1.90. The standard InChI is InChI=1S/C7H10BNO4S/c9-6(7(10)11)2-5-1-4(3-14-5)8(12)13/h1,3,6,12-13H,2,9H2,(H,10,11)/t6-/m0/s1. The summed E-state index contributed by atoms with van der Waals surface area (Å²) < 4.78 is 0. The van der Waals surface area contributed by atoms with E-state index in [1.807, 2.05) is 0 Å². The lowest BCUT2D eigenvalue weighted by atomic mass is 9.82. The van der Waals surface area contributed by atoms with E-state index in [1.54, 1.807) is 5.38 Å². The fourth-order valence-electron chi connectivity index (χ4n) is 0.944. The van der Waals surface area contributed by atoms with Crippen LogP contribution in [0.2, 0.25) is 0 Å². The summed E-state index contributed by atoms with van der Waals surface area (Å²) in [6, 6.07) is 0.593. The molecule has 0 unspecified atom stereocenters. The maximum Gasteiger partial charge on any atom is 0.489 e. The van der Waals surface area contributed by atoms with Crippen LogP contribution < -0.4 is 11.2 Å². The molecule has 5 nitrogen and oxygen atoms in total. The lowest BCUT2D eigenvalue weighted by Crippen LogP contribution is -2.32. The molecule has 1 rings (SSSR count). The second kappa shape index (κ2) is 4.56. The Hall–Kier alpha value is -0.885. The molecule has 7 heteroatoms. The summed E-state index contributed by atoms with van der Waals surface area (Å²) in [7, 11) is -1.51. The molecule has 76 valence electrons. The van der Waals surface area contributed by atoms with E-state index in [4.69, 9.17) is 20.9 Å². The van der Waals surface area contributed by atoms with Crippen molar-refractivity contribution < 1.29 is 19.9 Å². The van der Waals surface area contributed by atoms with E-state index in [9.17, 15) is 4.79 Å². The fraction of sp³-hybridized carbons (Fsp3) is 0.286. The smallest absolute Gasteiger partial charge is 0.480 e. The molecule has 14 heavy (non-hydrogen) atoms. The first-order valence-electron chi connectivity index (χ1n) is 3.92. The van der Waals surface area contributed by atoms with Crippen molar-refractivity contribution in [3.05, 3.63) is 16.3 Å². The lowest BCUT2D eigenvalue weighted by molar-refractivity contribution is -0.138. The zero-order valence-electron chi connectivity index (χ0n) is 7.25. The van der Waals surface area contributed by atoms with E-state index in [1.165, 1.54) is 17.4 Å². The Bertz CT molecular complexity index is 327. The number of nitrogens with two attached hydrogens (primary N) is 1. The van der Waals surface area contributed by atoms with Crippen LogP contribution in [0, 0.1) is 0 Å². The van der Waals surface area contributed by atoms with Gasteiger partial charge in [0.05, 0.1) is 0 Å². The summed E-state index contributed by atoms with van der Waals surface area (Å²) in [5, 5.41) is 27.7. The number of carbonyl (C=O) groups is 1. The van der Waals surface area contributed by atoms with Gasteiger partial charge in [0.2, 0.25) is 0 Å². The first-order chi connectivity index (χ1) is 6.50. The van der Waals surface area contributed by atoms with Gasteiger partial charge >= 0.3 is 13.1 Å². The quantitative estimate of drug-likeness (QED) is 0.452. The minimum absolute atomic E-state index is 0.201. The van der Waals surface area contributed by atoms with Gasteiger partial charge in [-0.1, -0.05) is 0 Å². The van der Waals surface area contributed by atoms with E-state index in [2.05, 4.69) is 0 Å². The third-order valence-corrected chi connectivity index (χ3v) is 2.69. The molecule has 0 amide bonds. The molecule has 1 heterocycles. The summed E-state index contributed by atoms with van der Waals surface area (Å²) in [6.07, 6.45) is 0.201. The Balaban J connectivity index is 2.64. The molecule has 1 atom stereocenters. The van der Waals surface area contributed by atoms with Crippen molar-refractivity contribution >= 4 is 29.9 Å². The summed E-state index contributed by atoms with van der Waals surface area (Å²) in [4.78, 5) is 11.2. The molecule has 0 saturated heterocycles. The minimum atomic E-state index is -1.51. The first-order valence-corrected chi connectivity index (χ1v) is 4.80. The topological polar surface area (TPSA) is 104 Å². The number of aliphatic carboxylic acids is 1. The Morgan fingerprint density at radius 1 is 1.64 bits per heavy atom. The highest BCUT2D eigenvalue weighted by atomic mass is 32.1. The molecule has 0 aromatic carbocycles. The summed E-state index contributed by atoms with van der Waals surface area (Å²) in [5.74, 6) is -1.07. The van der Waals surface area contributed by atoms with Crippen LogP contribution in [0.25, 0.3) is 0 Å². The van der Waals surface area contributed by atoms with Crippen molar-refractivity contribution in [2.45, 2.75) is 12.5 Å². The van der Waals surface area contributed by atoms with Gasteiger partial charge in [0.25, 0.3) is 0 Å². The number of hydrogen-bond acceptors (Lipinski definition) is 5. The van der Waals surface area contributed by atoms with E-state index < -0.39 is 19.1 Å². The number of rotatable bonds is 4. The molecule has 0 saturated carbocycles. The van der Waals surface area contributed by atoms with Crippen molar-refractivity contribution in [1.82, 2.24) is 0 Å². The molecule has 0 radical (unpaired) electrons. The zero-order valence-corrected chi connectivity index (χ0v) is 8.07. The van der Waals surface area contributed by atoms with Crippen LogP contribution in [0.3, 0.4) is 0 Å². The minimum Gasteiger partial charge on any atom is -0.480 e. The molecule has 0 spiro atoms. The highest BCUT2D eigenvalue weighted by molar-refractivity contribution is 7.11. The molecule has 1 aromatic heterocycles. The predicted molar refractivity (Wildman–Crippen MR) is 53.5 cm³/mol. The normalized spacial score (nSPS) is 12.5. The van der Waals surface area contributed by atoms with Crippen molar-refractivity contribution in [2.24, 2.45) is 5.73 Å². The Labute approximate surface area is 84.9 Å². The van der Waals surface area contributed by atoms with Crippen LogP contribution in [-0.4, -0.2) is 34.3 Å². The van der Waals surface area contributed by atoms with Gasteiger partial charge in [0.1, 0.15) is 6.04 Å². The van der Waals surface area contributed by atoms with E-state index in [-0.39, 0.29) is 6.42 Å². The highest BCUT2D eigenvalue weighted by Gasteiger charge is 2.17. The van der Waals surface area contributed by atoms with Gasteiger partial charge in [0.15, 0.2) is 0 Å². The predicted octanol–water partition coefficient (Wildman–Crippen LogP) is -1.62. The van der Waals surface area contributed by atoms with Crippen molar-refractivity contribution in [3.8, 4) is 0 Å².